The van der Waals surface area contributed by atoms with E-state index in [-0.39, 0.29) is 0 Å². The lowest BCUT2D eigenvalue weighted by Gasteiger charge is -2.44. The van der Waals surface area contributed by atoms with Crippen LogP contribution in [-0.4, -0.2) is 0 Å². The Hall–Kier alpha value is -8.98. The Kier molecular flexibility index (Phi) is 9.06. The van der Waals surface area contributed by atoms with Gasteiger partial charge in [-0.25, -0.2) is 0 Å². The third-order valence-electron chi connectivity index (χ3n) is 15.3. The normalized spacial score (nSPS) is 15.3. The lowest BCUT2D eigenvalue weighted by atomic mass is 9.65. The zero-order valence-electron chi connectivity index (χ0n) is 38.5. The third kappa shape index (κ3) is 5.68. The van der Waals surface area contributed by atoms with E-state index in [1.54, 1.807) is 0 Å². The molecule has 11 aromatic rings. The summed E-state index contributed by atoms with van der Waals surface area (Å²) in [6, 6.07) is 104. The predicted octanol–water partition coefficient (Wildman–Crippen LogP) is 17.3. The van der Waals surface area contributed by atoms with Crippen LogP contribution in [-0.2, 0) is 10.8 Å². The molecule has 2 heteroatoms. The second kappa shape index (κ2) is 15.8. The van der Waals surface area contributed by atoms with Gasteiger partial charge in [-0.05, 0) is 133 Å². The van der Waals surface area contributed by atoms with Crippen LogP contribution in [0.2, 0.25) is 0 Å². The summed E-state index contributed by atoms with van der Waals surface area (Å²) in [5.74, 6) is 0. The molecule has 1 atom stereocenters. The van der Waals surface area contributed by atoms with Crippen LogP contribution in [0.3, 0.4) is 0 Å². The molecule has 0 amide bonds. The highest BCUT2D eigenvalue weighted by Gasteiger charge is 2.53. The Balaban J connectivity index is 1.04. The van der Waals surface area contributed by atoms with Crippen molar-refractivity contribution in [3.63, 3.8) is 0 Å². The zero-order chi connectivity index (χ0) is 46.2. The highest BCUT2D eigenvalue weighted by Crippen LogP contribution is 2.65. The number of fused-ring (bicyclic) bond motifs is 8. The van der Waals surface area contributed by atoms with Crippen molar-refractivity contribution < 1.29 is 0 Å². The summed E-state index contributed by atoms with van der Waals surface area (Å²) in [4.78, 5) is 4.96. The second-order valence-electron chi connectivity index (χ2n) is 18.7. The van der Waals surface area contributed by atoms with Crippen LogP contribution in [0.5, 0.6) is 0 Å². The molecular formula is C68H46N2. The van der Waals surface area contributed by atoms with Crippen LogP contribution < -0.4 is 9.80 Å². The molecule has 70 heavy (non-hydrogen) atoms. The predicted molar refractivity (Wildman–Crippen MR) is 289 cm³/mol. The fourth-order valence-corrected chi connectivity index (χ4v) is 12.5. The molecule has 1 aliphatic heterocycles. The topological polar surface area (TPSA) is 6.48 Å². The van der Waals surface area contributed by atoms with E-state index in [4.69, 9.17) is 0 Å². The van der Waals surface area contributed by atoms with Crippen molar-refractivity contribution >= 4 is 34.1 Å². The van der Waals surface area contributed by atoms with E-state index in [1.165, 1.54) is 89.3 Å². The van der Waals surface area contributed by atoms with E-state index >= 15 is 0 Å². The van der Waals surface area contributed by atoms with Crippen molar-refractivity contribution in [1.29, 1.82) is 0 Å². The van der Waals surface area contributed by atoms with Crippen molar-refractivity contribution in [2.24, 2.45) is 0 Å². The Bertz CT molecular complexity index is 3720. The molecule has 1 unspecified atom stereocenters. The number of hydrogen-bond acceptors (Lipinski definition) is 2. The van der Waals surface area contributed by atoms with Crippen molar-refractivity contribution in [3.8, 4) is 33.4 Å². The smallest absolute Gasteiger partial charge is 0.0755 e. The number of benzene rings is 11. The minimum atomic E-state index is -0.599. The summed E-state index contributed by atoms with van der Waals surface area (Å²) >= 11 is 0. The summed E-state index contributed by atoms with van der Waals surface area (Å²) < 4.78 is 0. The molecule has 14 rings (SSSR count). The number of rotatable bonds is 8. The summed E-state index contributed by atoms with van der Waals surface area (Å²) in [7, 11) is 0. The van der Waals surface area contributed by atoms with Gasteiger partial charge in [0.15, 0.2) is 0 Å². The number of hydrogen-bond donors (Lipinski definition) is 0. The van der Waals surface area contributed by atoms with E-state index in [0.29, 0.717) is 0 Å². The molecule has 0 bridgehead atoms. The Morgan fingerprint density at radius 1 is 0.271 bits per heavy atom. The van der Waals surface area contributed by atoms with Gasteiger partial charge in [0.2, 0.25) is 0 Å². The molecule has 0 N–H and O–H groups in total. The molecule has 2 aliphatic carbocycles. The average molecular weight is 891 g/mol. The quantitative estimate of drug-likeness (QED) is 0.150. The van der Waals surface area contributed by atoms with E-state index in [2.05, 4.69) is 289 Å². The molecule has 2 nitrogen and oxygen atoms in total. The van der Waals surface area contributed by atoms with Crippen LogP contribution in [0.1, 0.15) is 44.5 Å². The molecule has 328 valence electrons. The van der Waals surface area contributed by atoms with Gasteiger partial charge in [-0.2, -0.15) is 0 Å². The highest BCUT2D eigenvalue weighted by atomic mass is 15.2. The number of anilines is 6. The lowest BCUT2D eigenvalue weighted by molar-refractivity contribution is 0.753. The number of para-hydroxylation sites is 2. The monoisotopic (exact) mass is 890 g/mol. The Morgan fingerprint density at radius 2 is 0.700 bits per heavy atom. The minimum absolute atomic E-state index is 0.545. The molecule has 11 aromatic carbocycles. The zero-order valence-corrected chi connectivity index (χ0v) is 38.5. The molecule has 1 heterocycles. The van der Waals surface area contributed by atoms with Crippen molar-refractivity contribution in [1.82, 2.24) is 0 Å². The minimum Gasteiger partial charge on any atom is -0.310 e. The standard InChI is InChI=1S/C68H46N2/c1-6-21-47(22-7-1)48-37-39-53(40-38-48)69(54-41-43-57-56-31-16-17-33-60(56)67(62(57)45-54,49-23-8-2-9-24-49)50-25-10-3-11-26-50)55-42-44-58-59-32-20-36-65-66(59)68(63(58)46-55,51-27-12-4-13-28-51)61-34-18-19-35-64(61)70(65)52-29-14-5-15-30-52/h1-46H. The summed E-state index contributed by atoms with van der Waals surface area (Å²) in [5.41, 5.74) is 23.3. The third-order valence-corrected chi connectivity index (χ3v) is 15.3. The van der Waals surface area contributed by atoms with Gasteiger partial charge in [0.05, 0.1) is 22.2 Å². The van der Waals surface area contributed by atoms with Gasteiger partial charge < -0.3 is 9.80 Å². The molecule has 0 spiro atoms. The maximum atomic E-state index is 2.51. The van der Waals surface area contributed by atoms with Gasteiger partial charge >= 0.3 is 0 Å². The molecule has 0 aromatic heterocycles. The summed E-state index contributed by atoms with van der Waals surface area (Å²) in [6.45, 7) is 0. The van der Waals surface area contributed by atoms with Crippen LogP contribution in [0.25, 0.3) is 33.4 Å². The largest absolute Gasteiger partial charge is 0.310 e. The first-order valence-electron chi connectivity index (χ1n) is 24.3. The van der Waals surface area contributed by atoms with Crippen molar-refractivity contribution in [3.05, 3.63) is 324 Å². The van der Waals surface area contributed by atoms with E-state index in [0.717, 1.165) is 22.7 Å². The van der Waals surface area contributed by atoms with Gasteiger partial charge in [0.1, 0.15) is 0 Å². The van der Waals surface area contributed by atoms with Crippen LogP contribution in [0.15, 0.2) is 279 Å². The summed E-state index contributed by atoms with van der Waals surface area (Å²) in [6.07, 6.45) is 0. The molecule has 0 fully saturated rings. The van der Waals surface area contributed by atoms with Gasteiger partial charge in [-0.3, -0.25) is 0 Å². The van der Waals surface area contributed by atoms with E-state index in [1.807, 2.05) is 0 Å². The first-order valence-corrected chi connectivity index (χ1v) is 24.3. The van der Waals surface area contributed by atoms with Gasteiger partial charge in [-0.1, -0.05) is 218 Å². The maximum absolute atomic E-state index is 2.51. The average Bonchev–Trinajstić information content (AvgIpc) is 3.91. The van der Waals surface area contributed by atoms with Gasteiger partial charge in [0.25, 0.3) is 0 Å². The molecule has 0 saturated carbocycles. The van der Waals surface area contributed by atoms with Crippen LogP contribution in [0.4, 0.5) is 34.1 Å². The Labute approximate surface area is 409 Å². The summed E-state index contributed by atoms with van der Waals surface area (Å²) in [5, 5.41) is 0. The van der Waals surface area contributed by atoms with Gasteiger partial charge in [-0.15, -0.1) is 0 Å². The van der Waals surface area contributed by atoms with Crippen LogP contribution >= 0.6 is 0 Å². The van der Waals surface area contributed by atoms with E-state index in [9.17, 15) is 0 Å². The van der Waals surface area contributed by atoms with Crippen molar-refractivity contribution in [2.75, 3.05) is 9.80 Å². The molecule has 0 radical (unpaired) electrons. The molecular weight excluding hydrogens is 845 g/mol. The number of nitrogens with zero attached hydrogens (tertiary/aromatic N) is 2. The maximum Gasteiger partial charge on any atom is 0.0755 e. The van der Waals surface area contributed by atoms with Crippen LogP contribution in [0, 0.1) is 0 Å². The fraction of sp³-hybridized carbons (Fsp3) is 0.0294. The molecule has 0 saturated heterocycles. The Morgan fingerprint density at radius 3 is 1.33 bits per heavy atom. The SMILES string of the molecule is c1ccc(-c2ccc(N(c3ccc4c(c3)C(c3ccccc3)(c3ccccc3)c3ccccc3-4)c3ccc4c(c3)C3(c5ccccc5)c5ccccc5N(c5ccccc5)c5cccc-4c53)cc2)cc1. The highest BCUT2D eigenvalue weighted by molar-refractivity contribution is 6.00. The lowest BCUT2D eigenvalue weighted by Crippen LogP contribution is -2.36. The fourth-order valence-electron chi connectivity index (χ4n) is 12.5. The van der Waals surface area contributed by atoms with Crippen molar-refractivity contribution in [2.45, 2.75) is 10.8 Å². The van der Waals surface area contributed by atoms with Gasteiger partial charge in [0, 0.05) is 28.3 Å². The second-order valence-corrected chi connectivity index (χ2v) is 18.7. The first kappa shape index (κ1) is 40.1. The first-order chi connectivity index (χ1) is 34.7. The van der Waals surface area contributed by atoms with E-state index < -0.39 is 10.8 Å². The molecule has 3 aliphatic rings.